The molecule has 0 aromatic heterocycles. The molecule has 66 valence electrons. The summed E-state index contributed by atoms with van der Waals surface area (Å²) in [6.07, 6.45) is 2.58. The number of hydrogen-bond acceptors (Lipinski definition) is 3. The Balaban J connectivity index is 2.18. The van der Waals surface area contributed by atoms with Crippen molar-refractivity contribution < 1.29 is 4.84 Å². The second-order valence-corrected chi connectivity index (χ2v) is 4.36. The maximum absolute atomic E-state index is 5.18. The lowest BCUT2D eigenvalue weighted by Crippen LogP contribution is -2.39. The summed E-state index contributed by atoms with van der Waals surface area (Å²) in [4.78, 5) is 5.18. The molecule has 0 bridgehead atoms. The highest BCUT2D eigenvalue weighted by molar-refractivity contribution is 7.99. The van der Waals surface area contributed by atoms with E-state index in [1.54, 1.807) is 0 Å². The molecule has 0 saturated carbocycles. The monoisotopic (exact) mass is 175 g/mol. The van der Waals surface area contributed by atoms with Gasteiger partial charge in [-0.25, -0.2) is 0 Å². The van der Waals surface area contributed by atoms with Crippen molar-refractivity contribution >= 4 is 11.8 Å². The molecule has 1 heterocycles. The third kappa shape index (κ3) is 3.01. The zero-order chi connectivity index (χ0) is 8.10. The van der Waals surface area contributed by atoms with Crippen molar-refractivity contribution in [3.63, 3.8) is 0 Å². The predicted octanol–water partition coefficient (Wildman–Crippen LogP) is 1.81. The van der Waals surface area contributed by atoms with Crippen LogP contribution in [0.25, 0.3) is 0 Å². The minimum Gasteiger partial charge on any atom is -0.302 e. The minimum absolute atomic E-state index is 0.564. The Morgan fingerprint density at radius 3 is 3.09 bits per heavy atom. The summed E-state index contributed by atoms with van der Waals surface area (Å²) in [6.45, 7) is 5.03. The molecule has 0 aromatic carbocycles. The maximum Gasteiger partial charge on any atom is 0.0654 e. The molecule has 2 unspecified atom stereocenters. The van der Waals surface area contributed by atoms with E-state index in [0.29, 0.717) is 11.3 Å². The zero-order valence-corrected chi connectivity index (χ0v) is 8.12. The molecule has 0 aromatic rings. The van der Waals surface area contributed by atoms with Crippen LogP contribution in [0.5, 0.6) is 0 Å². The lowest BCUT2D eigenvalue weighted by atomic mass is 10.1. The molecule has 1 rings (SSSR count). The van der Waals surface area contributed by atoms with E-state index >= 15 is 0 Å². The van der Waals surface area contributed by atoms with Crippen molar-refractivity contribution in [3.8, 4) is 0 Å². The van der Waals surface area contributed by atoms with Gasteiger partial charge in [-0.05, 0) is 25.5 Å². The standard InChI is InChI=1S/C8H17NOS/c1-3-10-9-8-5-4-6-11-7(8)2/h7-9H,3-6H2,1-2H3. The van der Waals surface area contributed by atoms with Gasteiger partial charge in [0.05, 0.1) is 6.61 Å². The SMILES string of the molecule is CCONC1CCCSC1C. The van der Waals surface area contributed by atoms with E-state index in [-0.39, 0.29) is 0 Å². The first-order chi connectivity index (χ1) is 5.34. The van der Waals surface area contributed by atoms with Gasteiger partial charge in [-0.15, -0.1) is 0 Å². The normalized spacial score (nSPS) is 32.2. The molecule has 3 heteroatoms. The average molecular weight is 175 g/mol. The second-order valence-electron chi connectivity index (χ2n) is 2.88. The lowest BCUT2D eigenvalue weighted by molar-refractivity contribution is 0.0220. The first-order valence-electron chi connectivity index (χ1n) is 4.33. The number of thioether (sulfide) groups is 1. The van der Waals surface area contributed by atoms with Gasteiger partial charge in [0.25, 0.3) is 0 Å². The summed E-state index contributed by atoms with van der Waals surface area (Å²) < 4.78 is 0. The summed E-state index contributed by atoms with van der Waals surface area (Å²) in [6, 6.07) is 0.564. The van der Waals surface area contributed by atoms with E-state index in [4.69, 9.17) is 4.84 Å². The highest BCUT2D eigenvalue weighted by atomic mass is 32.2. The molecule has 0 radical (unpaired) electrons. The minimum atomic E-state index is 0.564. The van der Waals surface area contributed by atoms with E-state index in [1.807, 2.05) is 18.7 Å². The topological polar surface area (TPSA) is 21.3 Å². The van der Waals surface area contributed by atoms with Crippen molar-refractivity contribution in [2.75, 3.05) is 12.4 Å². The van der Waals surface area contributed by atoms with Gasteiger partial charge in [0, 0.05) is 11.3 Å². The van der Waals surface area contributed by atoms with Crippen molar-refractivity contribution in [2.45, 2.75) is 38.0 Å². The first-order valence-corrected chi connectivity index (χ1v) is 5.38. The summed E-state index contributed by atoms with van der Waals surface area (Å²) in [5.41, 5.74) is 3.10. The average Bonchev–Trinajstić information content (AvgIpc) is 2.03. The fourth-order valence-corrected chi connectivity index (χ4v) is 2.40. The third-order valence-electron chi connectivity index (χ3n) is 1.99. The van der Waals surface area contributed by atoms with Crippen LogP contribution in [0.15, 0.2) is 0 Å². The number of rotatable bonds is 3. The molecule has 0 amide bonds. The zero-order valence-electron chi connectivity index (χ0n) is 7.30. The molecule has 1 aliphatic heterocycles. The van der Waals surface area contributed by atoms with Gasteiger partial charge in [-0.2, -0.15) is 17.2 Å². The van der Waals surface area contributed by atoms with Gasteiger partial charge < -0.3 is 4.84 Å². The van der Waals surface area contributed by atoms with Crippen LogP contribution in [0.2, 0.25) is 0 Å². The fraction of sp³-hybridized carbons (Fsp3) is 1.00. The van der Waals surface area contributed by atoms with E-state index in [2.05, 4.69) is 12.4 Å². The van der Waals surface area contributed by atoms with Gasteiger partial charge in [0.15, 0.2) is 0 Å². The van der Waals surface area contributed by atoms with Crippen molar-refractivity contribution in [1.82, 2.24) is 5.48 Å². The number of nitrogens with one attached hydrogen (secondary N) is 1. The number of hydrogen-bond donors (Lipinski definition) is 1. The van der Waals surface area contributed by atoms with Gasteiger partial charge in [0.2, 0.25) is 0 Å². The largest absolute Gasteiger partial charge is 0.302 e. The lowest BCUT2D eigenvalue weighted by Gasteiger charge is -2.28. The van der Waals surface area contributed by atoms with Gasteiger partial charge in [0.1, 0.15) is 0 Å². The van der Waals surface area contributed by atoms with Gasteiger partial charge in [-0.3, -0.25) is 0 Å². The Morgan fingerprint density at radius 1 is 1.64 bits per heavy atom. The van der Waals surface area contributed by atoms with Crippen molar-refractivity contribution in [1.29, 1.82) is 0 Å². The van der Waals surface area contributed by atoms with Crippen LogP contribution in [0.4, 0.5) is 0 Å². The van der Waals surface area contributed by atoms with Crippen molar-refractivity contribution in [3.05, 3.63) is 0 Å². The maximum atomic E-state index is 5.18. The highest BCUT2D eigenvalue weighted by Crippen LogP contribution is 2.24. The molecule has 0 spiro atoms. The Morgan fingerprint density at radius 2 is 2.45 bits per heavy atom. The summed E-state index contributed by atoms with van der Waals surface area (Å²) in [5.74, 6) is 1.31. The van der Waals surface area contributed by atoms with E-state index < -0.39 is 0 Å². The van der Waals surface area contributed by atoms with E-state index in [0.717, 1.165) is 6.61 Å². The molecular formula is C8H17NOS. The first kappa shape index (κ1) is 9.36. The Bertz CT molecular complexity index is 110. The number of hydroxylamine groups is 1. The molecule has 1 aliphatic rings. The van der Waals surface area contributed by atoms with Crippen LogP contribution in [0.1, 0.15) is 26.7 Å². The highest BCUT2D eigenvalue weighted by Gasteiger charge is 2.21. The van der Waals surface area contributed by atoms with Crippen LogP contribution in [-0.4, -0.2) is 23.7 Å². The molecule has 11 heavy (non-hydrogen) atoms. The van der Waals surface area contributed by atoms with Gasteiger partial charge >= 0.3 is 0 Å². The van der Waals surface area contributed by atoms with E-state index in [1.165, 1.54) is 18.6 Å². The quantitative estimate of drug-likeness (QED) is 0.661. The predicted molar refractivity (Wildman–Crippen MR) is 49.7 cm³/mol. The Hall–Kier alpha value is 0.270. The van der Waals surface area contributed by atoms with E-state index in [9.17, 15) is 0 Å². The van der Waals surface area contributed by atoms with Crippen LogP contribution in [-0.2, 0) is 4.84 Å². The molecule has 1 fully saturated rings. The molecule has 2 atom stereocenters. The van der Waals surface area contributed by atoms with Crippen LogP contribution in [0.3, 0.4) is 0 Å². The summed E-state index contributed by atoms with van der Waals surface area (Å²) in [5, 5.41) is 0.704. The smallest absolute Gasteiger partial charge is 0.0654 e. The third-order valence-corrected chi connectivity index (χ3v) is 3.36. The molecule has 1 N–H and O–H groups in total. The molecule has 0 aliphatic carbocycles. The summed E-state index contributed by atoms with van der Waals surface area (Å²) >= 11 is 2.03. The van der Waals surface area contributed by atoms with Crippen LogP contribution < -0.4 is 5.48 Å². The Labute approximate surface area is 73.0 Å². The molecule has 2 nitrogen and oxygen atoms in total. The fourth-order valence-electron chi connectivity index (χ4n) is 1.27. The summed E-state index contributed by atoms with van der Waals surface area (Å²) in [7, 11) is 0. The van der Waals surface area contributed by atoms with Crippen LogP contribution >= 0.6 is 11.8 Å². The van der Waals surface area contributed by atoms with Crippen LogP contribution in [0, 0.1) is 0 Å². The Kier molecular flexibility index (Phi) is 4.26. The molecule has 1 saturated heterocycles. The van der Waals surface area contributed by atoms with Gasteiger partial charge in [-0.1, -0.05) is 6.92 Å². The van der Waals surface area contributed by atoms with Crippen molar-refractivity contribution in [2.24, 2.45) is 0 Å². The second kappa shape index (κ2) is 5.01. The molecular weight excluding hydrogens is 158 g/mol.